The summed E-state index contributed by atoms with van der Waals surface area (Å²) in [5.74, 6) is -0.538. The van der Waals surface area contributed by atoms with E-state index in [1.54, 1.807) is 13.0 Å². The van der Waals surface area contributed by atoms with E-state index < -0.39 is 25.9 Å². The van der Waals surface area contributed by atoms with Gasteiger partial charge in [0.05, 0.1) is 21.8 Å². The van der Waals surface area contributed by atoms with E-state index >= 15 is 0 Å². The van der Waals surface area contributed by atoms with Crippen LogP contribution in [0.2, 0.25) is 5.02 Å². The number of amidine groups is 1. The fraction of sp³-hybridized carbons (Fsp3) is 0.444. The van der Waals surface area contributed by atoms with Gasteiger partial charge in [-0.3, -0.25) is 9.98 Å². The van der Waals surface area contributed by atoms with Gasteiger partial charge in [-0.05, 0) is 31.9 Å². The molecule has 0 bridgehead atoms. The Morgan fingerprint density at radius 2 is 2.00 bits per heavy atom. The zero-order valence-electron chi connectivity index (χ0n) is 15.1. The maximum absolute atomic E-state index is 13.5. The summed E-state index contributed by atoms with van der Waals surface area (Å²) in [7, 11) is -3.59. The highest BCUT2D eigenvalue weighted by Gasteiger charge is 2.55. The van der Waals surface area contributed by atoms with Gasteiger partial charge in [0, 0.05) is 29.9 Å². The smallest absolute Gasteiger partial charge is 0.166 e. The maximum atomic E-state index is 13.5. The molecule has 0 amide bonds. The Kier molecular flexibility index (Phi) is 4.77. The first-order valence-electron chi connectivity index (χ1n) is 8.73. The van der Waals surface area contributed by atoms with Crippen LogP contribution in [0.3, 0.4) is 0 Å². The van der Waals surface area contributed by atoms with Gasteiger partial charge >= 0.3 is 0 Å². The second kappa shape index (κ2) is 6.76. The number of nitrogens with zero attached hydrogens (tertiary/aromatic N) is 2. The van der Waals surface area contributed by atoms with Gasteiger partial charge in [-0.2, -0.15) is 0 Å². The van der Waals surface area contributed by atoms with Gasteiger partial charge in [-0.1, -0.05) is 11.6 Å². The van der Waals surface area contributed by atoms with Crippen LogP contribution in [0.25, 0.3) is 10.4 Å². The quantitative estimate of drug-likeness (QED) is 0.769. The molecule has 10 heteroatoms. The summed E-state index contributed by atoms with van der Waals surface area (Å²) in [4.78, 5) is 9.76. The molecule has 1 atom stereocenters. The fourth-order valence-electron chi connectivity index (χ4n) is 3.88. The fourth-order valence-corrected chi connectivity index (χ4v) is 7.96. The topological polar surface area (TPSA) is 94.6 Å². The summed E-state index contributed by atoms with van der Waals surface area (Å²) in [6.45, 7) is 2.39. The van der Waals surface area contributed by atoms with Crippen molar-refractivity contribution in [2.45, 2.75) is 30.1 Å². The van der Waals surface area contributed by atoms with Gasteiger partial charge in [0.1, 0.15) is 21.9 Å². The summed E-state index contributed by atoms with van der Waals surface area (Å²) < 4.78 is 44.2. The van der Waals surface area contributed by atoms with Gasteiger partial charge in [0.15, 0.2) is 9.84 Å². The molecule has 6 nitrogen and oxygen atoms in total. The highest BCUT2D eigenvalue weighted by molar-refractivity contribution is 7.93. The van der Waals surface area contributed by atoms with Crippen LogP contribution < -0.4 is 5.73 Å². The molecule has 2 aromatic heterocycles. The van der Waals surface area contributed by atoms with E-state index in [4.69, 9.17) is 22.1 Å². The first kappa shape index (κ1) is 19.8. The summed E-state index contributed by atoms with van der Waals surface area (Å²) in [6, 6.07) is 3.04. The van der Waals surface area contributed by atoms with Gasteiger partial charge in [-0.25, -0.2) is 12.8 Å². The van der Waals surface area contributed by atoms with Gasteiger partial charge < -0.3 is 10.5 Å². The van der Waals surface area contributed by atoms with Crippen molar-refractivity contribution in [2.24, 2.45) is 10.7 Å². The largest absolute Gasteiger partial charge is 0.386 e. The lowest BCUT2D eigenvalue weighted by atomic mass is 9.95. The Bertz CT molecular complexity index is 1060. The normalized spacial score (nSPS) is 26.2. The van der Waals surface area contributed by atoms with Crippen LogP contribution >= 0.6 is 22.9 Å². The summed E-state index contributed by atoms with van der Waals surface area (Å²) in [6.07, 6.45) is 3.26. The second-order valence-electron chi connectivity index (χ2n) is 7.32. The molecule has 1 saturated heterocycles. The van der Waals surface area contributed by atoms with Crippen LogP contribution in [-0.2, 0) is 20.1 Å². The van der Waals surface area contributed by atoms with Crippen molar-refractivity contribution in [3.05, 3.63) is 40.2 Å². The lowest BCUT2D eigenvalue weighted by molar-refractivity contribution is 0.0875. The Morgan fingerprint density at radius 3 is 2.64 bits per heavy atom. The van der Waals surface area contributed by atoms with Crippen LogP contribution in [0.5, 0.6) is 0 Å². The molecule has 0 radical (unpaired) electrons. The third-order valence-electron chi connectivity index (χ3n) is 5.37. The summed E-state index contributed by atoms with van der Waals surface area (Å²) in [5, 5.41) is 0.376. The van der Waals surface area contributed by atoms with E-state index in [1.807, 2.05) is 0 Å². The van der Waals surface area contributed by atoms with E-state index in [0.717, 1.165) is 6.20 Å². The standard InChI is InChI=1S/C18H19ClFN3O3S2/c1-17(10-28(24,25)18(16(21)23-17)2-4-26-5-3-18)15-13(19)7-14(27-15)11-6-12(20)9-22-8-11/h6-9H,2-5,10H2,1H3,(H2,21,23). The average Bonchev–Trinajstić information content (AvgIpc) is 3.03. The van der Waals surface area contributed by atoms with E-state index in [-0.39, 0.29) is 11.6 Å². The predicted octanol–water partition coefficient (Wildman–Crippen LogP) is 3.15. The molecule has 0 aromatic carbocycles. The number of aliphatic imine (C=N–C) groups is 1. The van der Waals surface area contributed by atoms with Crippen LogP contribution in [-0.4, -0.2) is 43.0 Å². The number of halogens is 2. The van der Waals surface area contributed by atoms with Gasteiger partial charge in [0.2, 0.25) is 0 Å². The monoisotopic (exact) mass is 443 g/mol. The first-order chi connectivity index (χ1) is 13.2. The minimum atomic E-state index is -3.59. The molecule has 1 fully saturated rings. The van der Waals surface area contributed by atoms with Gasteiger partial charge in [0.25, 0.3) is 0 Å². The number of nitrogens with two attached hydrogens (primary N) is 1. The van der Waals surface area contributed by atoms with Crippen molar-refractivity contribution in [3.8, 4) is 10.4 Å². The second-order valence-corrected chi connectivity index (χ2v) is 11.1. The zero-order valence-corrected chi connectivity index (χ0v) is 17.5. The lowest BCUT2D eigenvalue weighted by Gasteiger charge is -2.43. The molecule has 2 aromatic rings. The predicted molar refractivity (Wildman–Crippen MR) is 108 cm³/mol. The van der Waals surface area contributed by atoms with Crippen molar-refractivity contribution in [2.75, 3.05) is 19.0 Å². The van der Waals surface area contributed by atoms with Crippen LogP contribution in [0.15, 0.2) is 29.5 Å². The molecule has 1 spiro atoms. The van der Waals surface area contributed by atoms with Crippen molar-refractivity contribution >= 4 is 38.6 Å². The maximum Gasteiger partial charge on any atom is 0.166 e. The van der Waals surface area contributed by atoms with E-state index in [2.05, 4.69) is 9.98 Å². The molecule has 2 aliphatic rings. The molecule has 28 heavy (non-hydrogen) atoms. The molecule has 150 valence electrons. The molecular weight excluding hydrogens is 425 g/mol. The molecule has 0 aliphatic carbocycles. The van der Waals surface area contributed by atoms with E-state index in [0.29, 0.717) is 46.4 Å². The SMILES string of the molecule is CC1(c2sc(-c3cncc(F)c3)cc2Cl)CS(=O)(=O)C2(CCOCC2)C(N)=N1. The highest BCUT2D eigenvalue weighted by atomic mass is 35.5. The van der Waals surface area contributed by atoms with Crippen LogP contribution in [0.4, 0.5) is 4.39 Å². The van der Waals surface area contributed by atoms with E-state index in [9.17, 15) is 12.8 Å². The molecule has 4 rings (SSSR count). The molecule has 1 unspecified atom stereocenters. The number of ether oxygens (including phenoxy) is 1. The Hall–Kier alpha value is -1.55. The third-order valence-corrected chi connectivity index (χ3v) is 9.96. The highest BCUT2D eigenvalue weighted by Crippen LogP contribution is 2.47. The number of hydrogen-bond acceptors (Lipinski definition) is 7. The Morgan fingerprint density at radius 1 is 1.29 bits per heavy atom. The van der Waals surface area contributed by atoms with Gasteiger partial charge in [-0.15, -0.1) is 11.3 Å². The van der Waals surface area contributed by atoms with E-state index in [1.165, 1.54) is 23.6 Å². The zero-order chi connectivity index (χ0) is 20.2. The number of aromatic nitrogens is 1. The average molecular weight is 444 g/mol. The molecule has 4 heterocycles. The molecule has 2 aliphatic heterocycles. The summed E-state index contributed by atoms with van der Waals surface area (Å²) >= 11 is 7.72. The number of pyridine rings is 1. The minimum absolute atomic E-state index is 0.114. The van der Waals surface area contributed by atoms with Crippen molar-refractivity contribution in [1.82, 2.24) is 4.98 Å². The molecule has 2 N–H and O–H groups in total. The Balaban J connectivity index is 1.80. The molecular formula is C18H19ClFN3O3S2. The van der Waals surface area contributed by atoms with Crippen molar-refractivity contribution in [3.63, 3.8) is 0 Å². The summed E-state index contributed by atoms with van der Waals surface area (Å²) in [5.41, 5.74) is 5.70. The Labute approximate surface area is 171 Å². The first-order valence-corrected chi connectivity index (χ1v) is 11.6. The van der Waals surface area contributed by atoms with Crippen molar-refractivity contribution < 1.29 is 17.5 Å². The molecule has 0 saturated carbocycles. The third kappa shape index (κ3) is 3.04. The number of hydrogen-bond donors (Lipinski definition) is 1. The minimum Gasteiger partial charge on any atom is -0.386 e. The van der Waals surface area contributed by atoms with Crippen LogP contribution in [0.1, 0.15) is 24.6 Å². The number of sulfone groups is 1. The van der Waals surface area contributed by atoms with Crippen molar-refractivity contribution in [1.29, 1.82) is 0 Å². The van der Waals surface area contributed by atoms with Crippen LogP contribution in [0, 0.1) is 5.82 Å². The lowest BCUT2D eigenvalue weighted by Crippen LogP contribution is -2.60. The number of thiophene rings is 1. The number of rotatable bonds is 2.